The second-order valence-electron chi connectivity index (χ2n) is 16.0. The maximum Gasteiger partial charge on any atom is 0.262 e. The zero-order chi connectivity index (χ0) is 39.2. The summed E-state index contributed by atoms with van der Waals surface area (Å²) in [4.78, 5) is 59.3. The van der Waals surface area contributed by atoms with Gasteiger partial charge in [0.05, 0.1) is 11.1 Å². The molecule has 5 saturated heterocycles. The molecule has 5 fully saturated rings. The molecule has 2 bridgehead atoms. The van der Waals surface area contributed by atoms with Crippen LogP contribution in [0.25, 0.3) is 11.1 Å². The molecule has 4 amide bonds. The van der Waals surface area contributed by atoms with Gasteiger partial charge in [0.25, 0.3) is 11.8 Å². The van der Waals surface area contributed by atoms with Gasteiger partial charge in [0.1, 0.15) is 11.8 Å². The molecule has 0 radical (unpaired) electrons. The lowest BCUT2D eigenvalue weighted by Gasteiger charge is -2.58. The van der Waals surface area contributed by atoms with E-state index in [0.717, 1.165) is 84.8 Å². The molecule has 292 valence electrons. The number of piperidine rings is 3. The number of amides is 4. The first-order chi connectivity index (χ1) is 27.7. The van der Waals surface area contributed by atoms with Crippen LogP contribution in [0.3, 0.4) is 0 Å². The van der Waals surface area contributed by atoms with Crippen molar-refractivity contribution in [1.82, 2.24) is 15.1 Å². The minimum absolute atomic E-state index is 0.101. The molecule has 4 aromatic carbocycles. The summed E-state index contributed by atoms with van der Waals surface area (Å²) in [6.45, 7) is 4.87. The van der Waals surface area contributed by atoms with Crippen LogP contribution in [0.5, 0.6) is 5.75 Å². The summed E-state index contributed by atoms with van der Waals surface area (Å²) in [5, 5.41) is 12.3. The van der Waals surface area contributed by atoms with Crippen molar-refractivity contribution in [1.29, 1.82) is 0 Å². The van der Waals surface area contributed by atoms with Gasteiger partial charge in [-0.1, -0.05) is 54.6 Å². The monoisotopic (exact) mass is 783 g/mol. The summed E-state index contributed by atoms with van der Waals surface area (Å²) in [5.74, 6) is -0.537. The Morgan fingerprint density at radius 3 is 2.04 bits per heavy atom. The molecule has 6 aliphatic rings. The molecule has 11 heteroatoms. The lowest BCUT2D eigenvalue weighted by Crippen LogP contribution is -2.69. The first-order valence-corrected chi connectivity index (χ1v) is 20.6. The molecule has 3 unspecified atom stereocenters. The third-order valence-electron chi connectivity index (χ3n) is 12.7. The van der Waals surface area contributed by atoms with Gasteiger partial charge in [-0.05, 0) is 108 Å². The van der Waals surface area contributed by atoms with Gasteiger partial charge in [-0.25, -0.2) is 0 Å². The maximum absolute atomic E-state index is 13.4. The molecular weight excluding hydrogens is 738 g/mol. The van der Waals surface area contributed by atoms with Crippen LogP contribution < -0.4 is 15.1 Å². The second-order valence-corrected chi connectivity index (χ2v) is 16.4. The van der Waals surface area contributed by atoms with Gasteiger partial charge in [0.2, 0.25) is 11.8 Å². The van der Waals surface area contributed by atoms with Crippen LogP contribution in [0.4, 0.5) is 11.4 Å². The minimum atomic E-state index is -0.963. The van der Waals surface area contributed by atoms with Gasteiger partial charge in [-0.2, -0.15) is 0 Å². The lowest BCUT2D eigenvalue weighted by molar-refractivity contribution is -0.136. The van der Waals surface area contributed by atoms with Crippen molar-refractivity contribution in [3.63, 3.8) is 0 Å². The number of allylic oxidation sites excluding steroid dienone is 1. The van der Waals surface area contributed by atoms with Crippen LogP contribution in [0, 0.1) is 5.92 Å². The summed E-state index contributed by atoms with van der Waals surface area (Å²) >= 11 is 6.37. The Balaban J connectivity index is 0.820. The number of hydrogen-bond donors (Lipinski definition) is 2. The lowest BCUT2D eigenvalue weighted by atomic mass is 9.84. The molecule has 10 nitrogen and oxygen atoms in total. The van der Waals surface area contributed by atoms with Crippen LogP contribution in [-0.4, -0.2) is 95.3 Å². The van der Waals surface area contributed by atoms with E-state index in [1.54, 1.807) is 18.2 Å². The summed E-state index contributed by atoms with van der Waals surface area (Å²) < 4.78 is 0. The number of anilines is 2. The largest absolute Gasteiger partial charge is 0.508 e. The van der Waals surface area contributed by atoms with E-state index >= 15 is 0 Å². The highest BCUT2D eigenvalue weighted by Gasteiger charge is 2.47. The van der Waals surface area contributed by atoms with E-state index in [-0.39, 0.29) is 24.5 Å². The van der Waals surface area contributed by atoms with Crippen LogP contribution in [0.15, 0.2) is 97.1 Å². The fourth-order valence-electron chi connectivity index (χ4n) is 9.65. The van der Waals surface area contributed by atoms with Crippen molar-refractivity contribution in [2.45, 2.75) is 56.7 Å². The van der Waals surface area contributed by atoms with Crippen molar-refractivity contribution in [3.8, 4) is 5.75 Å². The van der Waals surface area contributed by atoms with Gasteiger partial charge in [0, 0.05) is 68.5 Å². The quantitative estimate of drug-likeness (QED) is 0.106. The number of phenolic OH excluding ortho intramolecular Hbond substituents is 1. The zero-order valence-corrected chi connectivity index (χ0v) is 32.5. The molecule has 2 N–H and O–H groups in total. The average Bonchev–Trinajstić information content (AvgIpc) is 3.49. The normalized spacial score (nSPS) is 23.0. The molecule has 6 aliphatic heterocycles. The van der Waals surface area contributed by atoms with Gasteiger partial charge in [-0.3, -0.25) is 34.3 Å². The fraction of sp³-hybridized carbons (Fsp3) is 0.348. The van der Waals surface area contributed by atoms with E-state index in [4.69, 9.17) is 11.6 Å². The van der Waals surface area contributed by atoms with Gasteiger partial charge in [-0.15, -0.1) is 11.6 Å². The number of carbonyl (C=O) groups is 4. The summed E-state index contributed by atoms with van der Waals surface area (Å²) in [6, 6.07) is 32.1. The number of hydrogen-bond acceptors (Lipinski definition) is 8. The Labute approximate surface area is 337 Å². The number of alkyl halides is 1. The molecule has 0 aliphatic carbocycles. The average molecular weight is 784 g/mol. The second kappa shape index (κ2) is 15.5. The number of nitrogens with zero attached hydrogens (tertiary/aromatic N) is 4. The van der Waals surface area contributed by atoms with E-state index in [2.05, 4.69) is 68.5 Å². The van der Waals surface area contributed by atoms with E-state index in [0.29, 0.717) is 35.0 Å². The zero-order valence-electron chi connectivity index (χ0n) is 31.8. The third-order valence-corrected chi connectivity index (χ3v) is 12.9. The number of fused-ring (bicyclic) bond motifs is 3. The molecule has 57 heavy (non-hydrogen) atoms. The summed E-state index contributed by atoms with van der Waals surface area (Å²) in [6.07, 6.45) is 4.42. The molecule has 6 heterocycles. The number of carbonyl (C=O) groups excluding carboxylic acids is 4. The predicted octanol–water partition coefficient (Wildman–Crippen LogP) is 6.56. The number of nitrogens with one attached hydrogen (secondary N) is 1. The predicted molar refractivity (Wildman–Crippen MR) is 221 cm³/mol. The van der Waals surface area contributed by atoms with Crippen molar-refractivity contribution in [3.05, 3.63) is 125 Å². The molecular formula is C46H46ClN5O5. The fourth-order valence-corrected chi connectivity index (χ4v) is 9.84. The Bertz CT molecular complexity index is 2220. The standard InChI is InChI=1S/C46H46ClN5O5/c47-21-18-38(30-4-2-1-3-5-30)43(32-8-13-37(53)14-9-32)31-6-10-33(11-7-31)49-22-19-29(20-23-49)26-51-35-24-36(51)28-50(27-35)34-12-15-39-40(25-34)46(57)52(45(39)56)41-16-17-42(54)48-44(41)55/h1-15,25,29,35-36,41,53H,16-24,26-28H2,(H,48,54,55). The molecule has 4 aromatic rings. The van der Waals surface area contributed by atoms with Crippen LogP contribution in [0.2, 0.25) is 0 Å². The SMILES string of the molecule is O=C1CCC(N2C(=O)c3ccc(N4CC5CC(C4)N5CC4CCN(c5ccc(C(=C(CCCl)c6ccccc6)c6ccc(O)cc6)cc5)CC4)cc3C2=O)C(=O)N1. The molecule has 10 rings (SSSR count). The highest BCUT2D eigenvalue weighted by atomic mass is 35.5. The Morgan fingerprint density at radius 1 is 0.719 bits per heavy atom. The Kier molecular flexibility index (Phi) is 10.1. The van der Waals surface area contributed by atoms with E-state index in [1.807, 2.05) is 30.3 Å². The third kappa shape index (κ3) is 7.10. The maximum atomic E-state index is 13.4. The van der Waals surface area contributed by atoms with Crippen molar-refractivity contribution >= 4 is 57.8 Å². The first kappa shape index (κ1) is 37.1. The molecule has 3 atom stereocenters. The van der Waals surface area contributed by atoms with E-state index in [1.165, 1.54) is 17.7 Å². The minimum Gasteiger partial charge on any atom is -0.508 e. The van der Waals surface area contributed by atoms with Crippen molar-refractivity contribution in [2.24, 2.45) is 5.92 Å². The molecule has 0 spiro atoms. The number of phenols is 1. The van der Waals surface area contributed by atoms with Gasteiger partial charge < -0.3 is 14.9 Å². The highest BCUT2D eigenvalue weighted by molar-refractivity contribution is 6.23. The van der Waals surface area contributed by atoms with Gasteiger partial charge in [0.15, 0.2) is 0 Å². The number of aromatic hydroxyl groups is 1. The number of rotatable bonds is 10. The van der Waals surface area contributed by atoms with Crippen molar-refractivity contribution < 1.29 is 24.3 Å². The molecule has 0 saturated carbocycles. The Hall–Kier alpha value is -5.45. The summed E-state index contributed by atoms with van der Waals surface area (Å²) in [5.41, 5.74) is 8.41. The van der Waals surface area contributed by atoms with Crippen LogP contribution in [0.1, 0.15) is 75.9 Å². The molecule has 0 aromatic heterocycles. The van der Waals surface area contributed by atoms with E-state index < -0.39 is 23.8 Å². The first-order valence-electron chi connectivity index (χ1n) is 20.1. The van der Waals surface area contributed by atoms with E-state index in [9.17, 15) is 24.3 Å². The summed E-state index contributed by atoms with van der Waals surface area (Å²) in [7, 11) is 0. The van der Waals surface area contributed by atoms with Crippen molar-refractivity contribution in [2.75, 3.05) is 48.4 Å². The Morgan fingerprint density at radius 2 is 1.37 bits per heavy atom. The number of imide groups is 2. The smallest absolute Gasteiger partial charge is 0.262 e. The number of benzene rings is 4. The van der Waals surface area contributed by atoms with Gasteiger partial charge >= 0.3 is 0 Å². The van der Waals surface area contributed by atoms with Crippen LogP contribution in [-0.2, 0) is 9.59 Å². The number of piperazine rings is 1. The topological polar surface area (TPSA) is 114 Å². The number of halogens is 1. The van der Waals surface area contributed by atoms with Crippen LogP contribution >= 0.6 is 11.6 Å². The highest BCUT2D eigenvalue weighted by Crippen LogP contribution is 2.40.